The number of amides is 1. The van der Waals surface area contributed by atoms with E-state index in [1.165, 1.54) is 0 Å². The fourth-order valence-corrected chi connectivity index (χ4v) is 3.92. The Morgan fingerprint density at radius 1 is 1.14 bits per heavy atom. The van der Waals surface area contributed by atoms with Crippen LogP contribution in [0.5, 0.6) is 0 Å². The van der Waals surface area contributed by atoms with E-state index in [9.17, 15) is 4.79 Å². The first-order chi connectivity index (χ1) is 13.7. The van der Waals surface area contributed by atoms with Crippen molar-refractivity contribution in [3.05, 3.63) is 35.4 Å². The number of ether oxygens (including phenoxy) is 2. The van der Waals surface area contributed by atoms with Crippen molar-refractivity contribution >= 4 is 5.91 Å². The summed E-state index contributed by atoms with van der Waals surface area (Å²) < 4.78 is 10.6. The Balaban J connectivity index is 0.000000253. The van der Waals surface area contributed by atoms with Gasteiger partial charge in [-0.25, -0.2) is 0 Å². The molecule has 1 aromatic rings. The highest BCUT2D eigenvalue weighted by Gasteiger charge is 2.30. The minimum atomic E-state index is 0.0940. The fourth-order valence-electron chi connectivity index (χ4n) is 3.92. The van der Waals surface area contributed by atoms with Crippen LogP contribution >= 0.6 is 0 Å². The zero-order valence-corrected chi connectivity index (χ0v) is 19.4. The van der Waals surface area contributed by atoms with Gasteiger partial charge in [0.25, 0.3) is 5.91 Å². The van der Waals surface area contributed by atoms with Gasteiger partial charge in [0.05, 0.1) is 19.3 Å². The van der Waals surface area contributed by atoms with E-state index >= 15 is 0 Å². The molecule has 0 N–H and O–H groups in total. The third kappa shape index (κ3) is 6.53. The number of hydrogen-bond acceptors (Lipinski definition) is 4. The van der Waals surface area contributed by atoms with E-state index in [4.69, 9.17) is 9.47 Å². The number of likely N-dealkylation sites (tertiary alicyclic amines) is 1. The van der Waals surface area contributed by atoms with Crippen LogP contribution in [-0.2, 0) is 16.0 Å². The standard InChI is InChI=1S/C16H24N2O.C8H16O2/c1-12(2)14-10-18(11-14)9-13-7-5-6-8-15(13)16(19)17(3)4;1-6(2)7-4-10-5-8(7)9-3/h5-8,12,14H,9-11H2,1-4H3;6-8H,4-5H2,1-3H3. The maximum atomic E-state index is 12.1. The summed E-state index contributed by atoms with van der Waals surface area (Å²) in [5.41, 5.74) is 1.98. The van der Waals surface area contributed by atoms with Gasteiger partial charge in [-0.05, 0) is 29.4 Å². The number of carbonyl (C=O) groups excluding carboxylic acids is 1. The van der Waals surface area contributed by atoms with Crippen LogP contribution in [0, 0.1) is 23.7 Å². The van der Waals surface area contributed by atoms with Crippen LogP contribution < -0.4 is 0 Å². The molecule has 0 saturated carbocycles. The first-order valence-electron chi connectivity index (χ1n) is 10.9. The quantitative estimate of drug-likeness (QED) is 0.724. The van der Waals surface area contributed by atoms with E-state index in [1.54, 1.807) is 26.1 Å². The fraction of sp³-hybridized carbons (Fsp3) is 0.708. The van der Waals surface area contributed by atoms with E-state index in [0.29, 0.717) is 17.9 Å². The molecule has 2 aliphatic rings. The minimum Gasteiger partial charge on any atom is -0.379 e. The molecule has 2 fully saturated rings. The highest BCUT2D eigenvalue weighted by atomic mass is 16.5. The molecule has 164 valence electrons. The lowest BCUT2D eigenvalue weighted by molar-refractivity contribution is 0.0567. The number of nitrogens with zero attached hydrogens (tertiary/aromatic N) is 2. The number of hydrogen-bond donors (Lipinski definition) is 0. The van der Waals surface area contributed by atoms with Crippen LogP contribution in [0.4, 0.5) is 0 Å². The molecule has 29 heavy (non-hydrogen) atoms. The van der Waals surface area contributed by atoms with Gasteiger partial charge >= 0.3 is 0 Å². The molecule has 2 unspecified atom stereocenters. The second kappa shape index (κ2) is 11.1. The van der Waals surface area contributed by atoms with Crippen LogP contribution in [-0.4, -0.2) is 69.3 Å². The third-order valence-electron chi connectivity index (χ3n) is 6.21. The lowest BCUT2D eigenvalue weighted by atomic mass is 9.88. The van der Waals surface area contributed by atoms with Crippen molar-refractivity contribution in [1.82, 2.24) is 9.80 Å². The molecular formula is C24H40N2O3. The molecule has 0 aromatic heterocycles. The molecule has 5 heteroatoms. The topological polar surface area (TPSA) is 42.0 Å². The Bertz CT molecular complexity index is 639. The SMILES string of the molecule is CC(C)C1CN(Cc2ccccc2C(=O)N(C)C)C1.COC1COCC1C(C)C. The Hall–Kier alpha value is -1.43. The summed E-state index contributed by atoms with van der Waals surface area (Å²) in [7, 11) is 5.36. The van der Waals surface area contributed by atoms with Crippen molar-refractivity contribution in [3.8, 4) is 0 Å². The molecule has 2 atom stereocenters. The van der Waals surface area contributed by atoms with E-state index in [-0.39, 0.29) is 5.91 Å². The maximum Gasteiger partial charge on any atom is 0.253 e. The van der Waals surface area contributed by atoms with Crippen molar-refractivity contribution < 1.29 is 14.3 Å². The molecule has 0 radical (unpaired) electrons. The van der Waals surface area contributed by atoms with Gasteiger partial charge in [0, 0.05) is 52.3 Å². The zero-order valence-electron chi connectivity index (χ0n) is 19.4. The van der Waals surface area contributed by atoms with Gasteiger partial charge in [0.2, 0.25) is 0 Å². The molecule has 3 rings (SSSR count). The molecule has 0 bridgehead atoms. The zero-order chi connectivity index (χ0) is 21.6. The van der Waals surface area contributed by atoms with Crippen molar-refractivity contribution in [2.45, 2.75) is 40.3 Å². The second-order valence-electron chi connectivity index (χ2n) is 9.27. The molecule has 1 amide bonds. The summed E-state index contributed by atoms with van der Waals surface area (Å²) in [6, 6.07) is 7.95. The predicted octanol–water partition coefficient (Wildman–Crippen LogP) is 3.78. The second-order valence-corrected chi connectivity index (χ2v) is 9.27. The summed E-state index contributed by atoms with van der Waals surface area (Å²) in [5.74, 6) is 2.94. The van der Waals surface area contributed by atoms with E-state index in [1.807, 2.05) is 18.2 Å². The van der Waals surface area contributed by atoms with Gasteiger partial charge in [-0.15, -0.1) is 0 Å². The highest BCUT2D eigenvalue weighted by Crippen LogP contribution is 2.26. The largest absolute Gasteiger partial charge is 0.379 e. The Kier molecular flexibility index (Phi) is 9.12. The van der Waals surface area contributed by atoms with Gasteiger partial charge in [-0.3, -0.25) is 9.69 Å². The molecule has 2 heterocycles. The van der Waals surface area contributed by atoms with E-state index in [0.717, 1.165) is 55.8 Å². The van der Waals surface area contributed by atoms with Crippen LogP contribution in [0.15, 0.2) is 24.3 Å². The van der Waals surface area contributed by atoms with Crippen molar-refractivity contribution in [2.75, 3.05) is 47.5 Å². The van der Waals surface area contributed by atoms with Crippen LogP contribution in [0.1, 0.15) is 43.6 Å². The predicted molar refractivity (Wildman–Crippen MR) is 118 cm³/mol. The third-order valence-corrected chi connectivity index (χ3v) is 6.21. The van der Waals surface area contributed by atoms with Crippen molar-refractivity contribution in [2.24, 2.45) is 23.7 Å². The van der Waals surface area contributed by atoms with Gasteiger partial charge < -0.3 is 14.4 Å². The lowest BCUT2D eigenvalue weighted by Gasteiger charge is -2.42. The molecule has 2 aliphatic heterocycles. The van der Waals surface area contributed by atoms with Gasteiger partial charge in [0.15, 0.2) is 0 Å². The molecule has 2 saturated heterocycles. The summed E-state index contributed by atoms with van der Waals surface area (Å²) in [5, 5.41) is 0. The van der Waals surface area contributed by atoms with Crippen molar-refractivity contribution in [3.63, 3.8) is 0 Å². The van der Waals surface area contributed by atoms with Gasteiger partial charge in [-0.1, -0.05) is 45.9 Å². The summed E-state index contributed by atoms with van der Waals surface area (Å²) in [6.07, 6.45) is 0.333. The maximum absolute atomic E-state index is 12.1. The molecule has 5 nitrogen and oxygen atoms in total. The number of rotatable bonds is 6. The van der Waals surface area contributed by atoms with Crippen molar-refractivity contribution in [1.29, 1.82) is 0 Å². The van der Waals surface area contributed by atoms with E-state index < -0.39 is 0 Å². The highest BCUT2D eigenvalue weighted by molar-refractivity contribution is 5.95. The Morgan fingerprint density at radius 2 is 1.79 bits per heavy atom. The number of benzene rings is 1. The van der Waals surface area contributed by atoms with Gasteiger partial charge in [0.1, 0.15) is 0 Å². The summed E-state index contributed by atoms with van der Waals surface area (Å²) >= 11 is 0. The first-order valence-corrected chi connectivity index (χ1v) is 10.9. The average Bonchev–Trinajstić information content (AvgIpc) is 3.13. The monoisotopic (exact) mass is 404 g/mol. The summed E-state index contributed by atoms with van der Waals surface area (Å²) in [6.45, 7) is 13.8. The smallest absolute Gasteiger partial charge is 0.253 e. The average molecular weight is 405 g/mol. The normalized spacial score (nSPS) is 22.4. The Morgan fingerprint density at radius 3 is 2.31 bits per heavy atom. The van der Waals surface area contributed by atoms with E-state index in [2.05, 4.69) is 38.7 Å². The number of carbonyl (C=O) groups is 1. The lowest BCUT2D eigenvalue weighted by Crippen LogP contribution is -2.48. The molecule has 0 spiro atoms. The van der Waals surface area contributed by atoms with Crippen LogP contribution in [0.25, 0.3) is 0 Å². The van der Waals surface area contributed by atoms with Gasteiger partial charge in [-0.2, -0.15) is 0 Å². The summed E-state index contributed by atoms with van der Waals surface area (Å²) in [4.78, 5) is 16.2. The molecule has 0 aliphatic carbocycles. The first kappa shape index (κ1) is 23.8. The Labute approximate surface area is 177 Å². The molecule has 1 aromatic carbocycles. The van der Waals surface area contributed by atoms with Crippen LogP contribution in [0.2, 0.25) is 0 Å². The molecular weight excluding hydrogens is 364 g/mol. The minimum absolute atomic E-state index is 0.0940. The van der Waals surface area contributed by atoms with Crippen LogP contribution in [0.3, 0.4) is 0 Å². The number of methoxy groups -OCH3 is 1.